The van der Waals surface area contributed by atoms with E-state index < -0.39 is 5.06 Å². The highest BCUT2D eigenvalue weighted by Gasteiger charge is 2.22. The third-order valence-electron chi connectivity index (χ3n) is 1.68. The van der Waals surface area contributed by atoms with Crippen LogP contribution in [0.15, 0.2) is 30.3 Å². The Kier molecular flexibility index (Phi) is 2.53. The molecule has 1 N–H and O–H groups in total. The first-order valence-electron chi connectivity index (χ1n) is 3.63. The smallest absolute Gasteiger partial charge is 0.164 e. The summed E-state index contributed by atoms with van der Waals surface area (Å²) in [6.07, 6.45) is 0.512. The minimum atomic E-state index is -1.19. The standard InChI is InChI=1S/C9H11ClO/c1-2-9(10,11)8-6-4-3-5-7-8/h3-7,11H,2H2,1H3/t9-/m1/s1. The molecule has 0 aromatic heterocycles. The molecule has 0 bridgehead atoms. The fraction of sp³-hybridized carbons (Fsp3) is 0.333. The summed E-state index contributed by atoms with van der Waals surface area (Å²) in [4.78, 5) is 0. The topological polar surface area (TPSA) is 20.2 Å². The van der Waals surface area contributed by atoms with Crippen LogP contribution in [0.5, 0.6) is 0 Å². The molecule has 0 saturated carbocycles. The van der Waals surface area contributed by atoms with Crippen molar-refractivity contribution in [1.82, 2.24) is 0 Å². The van der Waals surface area contributed by atoms with Crippen molar-refractivity contribution < 1.29 is 5.11 Å². The maximum absolute atomic E-state index is 9.56. The van der Waals surface area contributed by atoms with Gasteiger partial charge in [0.25, 0.3) is 0 Å². The molecule has 0 radical (unpaired) electrons. The molecule has 1 aromatic rings. The van der Waals surface area contributed by atoms with E-state index in [4.69, 9.17) is 11.6 Å². The van der Waals surface area contributed by atoms with E-state index in [0.29, 0.717) is 6.42 Å². The molecule has 1 aromatic carbocycles. The number of rotatable bonds is 2. The summed E-state index contributed by atoms with van der Waals surface area (Å²) in [5.41, 5.74) is 0.754. The average molecular weight is 171 g/mol. The van der Waals surface area contributed by atoms with Crippen molar-refractivity contribution in [1.29, 1.82) is 0 Å². The molecule has 0 heterocycles. The summed E-state index contributed by atoms with van der Waals surface area (Å²) in [5, 5.41) is 8.37. The summed E-state index contributed by atoms with van der Waals surface area (Å²) in [6, 6.07) is 9.25. The minimum absolute atomic E-state index is 0.512. The van der Waals surface area contributed by atoms with E-state index in [-0.39, 0.29) is 0 Å². The van der Waals surface area contributed by atoms with E-state index in [1.807, 2.05) is 37.3 Å². The second-order valence-corrected chi connectivity index (χ2v) is 3.10. The summed E-state index contributed by atoms with van der Waals surface area (Å²) < 4.78 is 0. The van der Waals surface area contributed by atoms with Gasteiger partial charge in [0.15, 0.2) is 5.06 Å². The number of aliphatic hydroxyl groups is 1. The maximum Gasteiger partial charge on any atom is 0.164 e. The predicted molar refractivity (Wildman–Crippen MR) is 46.5 cm³/mol. The van der Waals surface area contributed by atoms with Gasteiger partial charge >= 0.3 is 0 Å². The van der Waals surface area contributed by atoms with Gasteiger partial charge < -0.3 is 5.11 Å². The van der Waals surface area contributed by atoms with E-state index in [9.17, 15) is 5.11 Å². The third kappa shape index (κ3) is 1.95. The molecule has 0 aliphatic rings. The van der Waals surface area contributed by atoms with Gasteiger partial charge in [-0.05, 0) is 12.0 Å². The second-order valence-electron chi connectivity index (χ2n) is 2.48. The maximum atomic E-state index is 9.56. The van der Waals surface area contributed by atoms with Crippen LogP contribution in [0.1, 0.15) is 18.9 Å². The molecule has 0 saturated heterocycles. The lowest BCUT2D eigenvalue weighted by Gasteiger charge is -2.18. The van der Waals surface area contributed by atoms with Gasteiger partial charge in [0, 0.05) is 0 Å². The zero-order valence-corrected chi connectivity index (χ0v) is 7.17. The van der Waals surface area contributed by atoms with Crippen LogP contribution in [0.3, 0.4) is 0 Å². The van der Waals surface area contributed by atoms with Crippen LogP contribution in [0.4, 0.5) is 0 Å². The SMILES string of the molecule is CC[C@](O)(Cl)c1ccccc1. The van der Waals surface area contributed by atoms with Crippen molar-refractivity contribution in [3.05, 3.63) is 35.9 Å². The fourth-order valence-corrected chi connectivity index (χ4v) is 1.02. The molecular formula is C9H11ClO. The minimum Gasteiger partial charge on any atom is -0.371 e. The van der Waals surface area contributed by atoms with Gasteiger partial charge in [0.2, 0.25) is 0 Å². The Balaban J connectivity index is 2.93. The normalized spacial score (nSPS) is 15.9. The van der Waals surface area contributed by atoms with Gasteiger partial charge in [0.1, 0.15) is 0 Å². The van der Waals surface area contributed by atoms with Crippen molar-refractivity contribution in [3.63, 3.8) is 0 Å². The van der Waals surface area contributed by atoms with Crippen molar-refractivity contribution >= 4 is 11.6 Å². The average Bonchev–Trinajstić information content (AvgIpc) is 2.06. The number of hydrogen-bond acceptors (Lipinski definition) is 1. The first-order valence-corrected chi connectivity index (χ1v) is 4.01. The zero-order valence-electron chi connectivity index (χ0n) is 6.42. The first kappa shape index (κ1) is 8.57. The van der Waals surface area contributed by atoms with Crippen LogP contribution in [-0.2, 0) is 5.06 Å². The van der Waals surface area contributed by atoms with Crippen LogP contribution in [0, 0.1) is 0 Å². The predicted octanol–water partition coefficient (Wildman–Crippen LogP) is 2.48. The van der Waals surface area contributed by atoms with Crippen molar-refractivity contribution in [2.75, 3.05) is 0 Å². The van der Waals surface area contributed by atoms with E-state index in [0.717, 1.165) is 5.56 Å². The third-order valence-corrected chi connectivity index (χ3v) is 2.17. The summed E-state index contributed by atoms with van der Waals surface area (Å²) in [5.74, 6) is 0. The molecular weight excluding hydrogens is 160 g/mol. The molecule has 0 amide bonds. The Morgan fingerprint density at radius 1 is 1.36 bits per heavy atom. The van der Waals surface area contributed by atoms with Crippen molar-refractivity contribution in [2.45, 2.75) is 18.4 Å². The first-order chi connectivity index (χ1) is 5.17. The largest absolute Gasteiger partial charge is 0.371 e. The fourth-order valence-electron chi connectivity index (χ4n) is 0.898. The molecule has 0 fully saturated rings. The van der Waals surface area contributed by atoms with Crippen molar-refractivity contribution in [2.24, 2.45) is 0 Å². The van der Waals surface area contributed by atoms with Crippen LogP contribution < -0.4 is 0 Å². The number of halogens is 1. The molecule has 0 aliphatic heterocycles. The molecule has 11 heavy (non-hydrogen) atoms. The Hall–Kier alpha value is -0.530. The number of alkyl halides is 1. The molecule has 1 atom stereocenters. The van der Waals surface area contributed by atoms with Crippen molar-refractivity contribution in [3.8, 4) is 0 Å². The zero-order chi connectivity index (χ0) is 8.32. The highest BCUT2D eigenvalue weighted by molar-refractivity contribution is 6.22. The highest BCUT2D eigenvalue weighted by atomic mass is 35.5. The van der Waals surface area contributed by atoms with Crippen LogP contribution >= 0.6 is 11.6 Å². The van der Waals surface area contributed by atoms with Crippen LogP contribution in [0.2, 0.25) is 0 Å². The molecule has 2 heteroatoms. The number of hydrogen-bond donors (Lipinski definition) is 1. The second kappa shape index (κ2) is 3.24. The van der Waals surface area contributed by atoms with E-state index in [1.54, 1.807) is 0 Å². The van der Waals surface area contributed by atoms with E-state index >= 15 is 0 Å². The van der Waals surface area contributed by atoms with Crippen LogP contribution in [-0.4, -0.2) is 5.11 Å². The molecule has 1 rings (SSSR count). The lowest BCUT2D eigenvalue weighted by Crippen LogP contribution is -2.15. The van der Waals surface area contributed by atoms with Gasteiger partial charge in [-0.3, -0.25) is 0 Å². The number of benzene rings is 1. The lowest BCUT2D eigenvalue weighted by atomic mass is 10.1. The van der Waals surface area contributed by atoms with Gasteiger partial charge in [0.05, 0.1) is 0 Å². The van der Waals surface area contributed by atoms with Gasteiger partial charge in [-0.15, -0.1) is 0 Å². The Morgan fingerprint density at radius 3 is 2.36 bits per heavy atom. The molecule has 0 unspecified atom stereocenters. The molecule has 0 spiro atoms. The summed E-state index contributed by atoms with van der Waals surface area (Å²) >= 11 is 5.80. The van der Waals surface area contributed by atoms with Crippen LogP contribution in [0.25, 0.3) is 0 Å². The van der Waals surface area contributed by atoms with Gasteiger partial charge in [-0.25, -0.2) is 0 Å². The summed E-state index contributed by atoms with van der Waals surface area (Å²) in [7, 11) is 0. The quantitative estimate of drug-likeness (QED) is 0.677. The van der Waals surface area contributed by atoms with E-state index in [2.05, 4.69) is 0 Å². The highest BCUT2D eigenvalue weighted by Crippen LogP contribution is 2.28. The van der Waals surface area contributed by atoms with Gasteiger partial charge in [-0.1, -0.05) is 48.9 Å². The summed E-state index contributed by atoms with van der Waals surface area (Å²) in [6.45, 7) is 1.85. The lowest BCUT2D eigenvalue weighted by molar-refractivity contribution is 0.124. The Morgan fingerprint density at radius 2 is 1.91 bits per heavy atom. The van der Waals surface area contributed by atoms with E-state index in [1.165, 1.54) is 0 Å². The molecule has 0 aliphatic carbocycles. The molecule has 1 nitrogen and oxygen atoms in total. The Labute approximate surface area is 71.6 Å². The monoisotopic (exact) mass is 170 g/mol. The van der Waals surface area contributed by atoms with Gasteiger partial charge in [-0.2, -0.15) is 0 Å². The Bertz CT molecular complexity index is 218. The molecule has 60 valence electrons.